The summed E-state index contributed by atoms with van der Waals surface area (Å²) in [6.45, 7) is 2.13. The summed E-state index contributed by atoms with van der Waals surface area (Å²) in [5, 5.41) is 17.6. The number of rotatable bonds is 4. The molecule has 0 aliphatic carbocycles. The summed E-state index contributed by atoms with van der Waals surface area (Å²) in [4.78, 5) is 8.91. The second kappa shape index (κ2) is 6.34. The van der Waals surface area contributed by atoms with Crippen LogP contribution in [0.1, 0.15) is 18.1 Å². The van der Waals surface area contributed by atoms with Crippen LogP contribution in [0.25, 0.3) is 16.0 Å². The van der Waals surface area contributed by atoms with E-state index in [0.29, 0.717) is 17.2 Å². The summed E-state index contributed by atoms with van der Waals surface area (Å²) in [6, 6.07) is 14.0. The third-order valence-electron chi connectivity index (χ3n) is 3.84. The molecule has 1 N–H and O–H groups in total. The lowest BCUT2D eigenvalue weighted by molar-refractivity contribution is 0.854. The lowest BCUT2D eigenvalue weighted by Gasteiger charge is -2.07. The Morgan fingerprint density at radius 3 is 2.96 bits per heavy atom. The molecule has 3 aromatic heterocycles. The summed E-state index contributed by atoms with van der Waals surface area (Å²) < 4.78 is 2.73. The lowest BCUT2D eigenvalue weighted by atomic mass is 10.2. The molecule has 0 atom stereocenters. The standard InChI is InChI=1S/C18H14N6S/c1-2-12-6-7-14-15(9-12)25-18(22-14)23-17-13(10-19)11-21-24(17)16-5-3-4-8-20-16/h3-9,11H,2H2,1H3,(H,22,23). The zero-order valence-electron chi connectivity index (χ0n) is 13.5. The van der Waals surface area contributed by atoms with Gasteiger partial charge in [0.1, 0.15) is 11.6 Å². The second-order valence-corrected chi connectivity index (χ2v) is 6.45. The topological polar surface area (TPSA) is 79.4 Å². The maximum absolute atomic E-state index is 9.38. The number of nitrogens with one attached hydrogen (secondary N) is 1. The Morgan fingerprint density at radius 2 is 2.20 bits per heavy atom. The summed E-state index contributed by atoms with van der Waals surface area (Å²) in [6.07, 6.45) is 4.21. The van der Waals surface area contributed by atoms with Gasteiger partial charge in [-0.15, -0.1) is 0 Å². The van der Waals surface area contributed by atoms with Gasteiger partial charge in [-0.25, -0.2) is 9.97 Å². The highest BCUT2D eigenvalue weighted by atomic mass is 32.1. The Kier molecular flexibility index (Phi) is 3.88. The molecule has 0 aliphatic heterocycles. The maximum Gasteiger partial charge on any atom is 0.189 e. The van der Waals surface area contributed by atoms with E-state index in [9.17, 15) is 5.26 Å². The third-order valence-corrected chi connectivity index (χ3v) is 4.78. The van der Waals surface area contributed by atoms with E-state index in [4.69, 9.17) is 0 Å². The molecule has 0 saturated heterocycles. The minimum atomic E-state index is 0.444. The zero-order valence-corrected chi connectivity index (χ0v) is 14.3. The number of pyridine rings is 1. The lowest BCUT2D eigenvalue weighted by Crippen LogP contribution is -2.04. The van der Waals surface area contributed by atoms with Gasteiger partial charge < -0.3 is 5.32 Å². The molecule has 4 aromatic rings. The van der Waals surface area contributed by atoms with E-state index >= 15 is 0 Å². The van der Waals surface area contributed by atoms with Crippen molar-refractivity contribution in [2.75, 3.05) is 5.32 Å². The first-order chi connectivity index (χ1) is 12.3. The van der Waals surface area contributed by atoms with E-state index in [1.54, 1.807) is 22.2 Å². The number of aromatic nitrogens is 4. The van der Waals surface area contributed by atoms with Crippen LogP contribution < -0.4 is 5.32 Å². The Hall–Kier alpha value is -3.24. The van der Waals surface area contributed by atoms with Gasteiger partial charge in [0.2, 0.25) is 0 Å². The zero-order chi connectivity index (χ0) is 17.2. The molecule has 0 bridgehead atoms. The van der Waals surface area contributed by atoms with Crippen molar-refractivity contribution in [1.29, 1.82) is 5.26 Å². The monoisotopic (exact) mass is 346 g/mol. The molecule has 122 valence electrons. The van der Waals surface area contributed by atoms with E-state index in [1.807, 2.05) is 24.3 Å². The first-order valence-electron chi connectivity index (χ1n) is 7.84. The molecule has 0 fully saturated rings. The van der Waals surface area contributed by atoms with Crippen LogP contribution in [0, 0.1) is 11.3 Å². The van der Waals surface area contributed by atoms with E-state index in [0.717, 1.165) is 21.8 Å². The first kappa shape index (κ1) is 15.3. The number of benzene rings is 1. The van der Waals surface area contributed by atoms with Crippen molar-refractivity contribution in [2.45, 2.75) is 13.3 Å². The number of aryl methyl sites for hydroxylation is 1. The Labute approximate surface area is 148 Å². The molecule has 25 heavy (non-hydrogen) atoms. The van der Waals surface area contributed by atoms with Gasteiger partial charge in [0.15, 0.2) is 16.8 Å². The molecule has 0 amide bonds. The highest BCUT2D eigenvalue weighted by molar-refractivity contribution is 7.22. The molecule has 4 rings (SSSR count). The minimum Gasteiger partial charge on any atom is -0.315 e. The molecule has 6 nitrogen and oxygen atoms in total. The fourth-order valence-electron chi connectivity index (χ4n) is 2.55. The van der Waals surface area contributed by atoms with Gasteiger partial charge in [-0.3, -0.25) is 0 Å². The van der Waals surface area contributed by atoms with Gasteiger partial charge in [-0.05, 0) is 36.2 Å². The average molecular weight is 346 g/mol. The van der Waals surface area contributed by atoms with Gasteiger partial charge in [-0.2, -0.15) is 15.0 Å². The number of fused-ring (bicyclic) bond motifs is 1. The Morgan fingerprint density at radius 1 is 1.28 bits per heavy atom. The van der Waals surface area contributed by atoms with Crippen LogP contribution in [0.15, 0.2) is 48.8 Å². The van der Waals surface area contributed by atoms with E-state index in [-0.39, 0.29) is 0 Å². The normalized spacial score (nSPS) is 10.7. The van der Waals surface area contributed by atoms with Crippen LogP contribution in [-0.2, 0) is 6.42 Å². The number of hydrogen-bond donors (Lipinski definition) is 1. The quantitative estimate of drug-likeness (QED) is 0.603. The molecule has 0 radical (unpaired) electrons. The number of anilines is 2. The van der Waals surface area contributed by atoms with Crippen LogP contribution in [0.5, 0.6) is 0 Å². The fourth-order valence-corrected chi connectivity index (χ4v) is 3.48. The fraction of sp³-hybridized carbons (Fsp3) is 0.111. The van der Waals surface area contributed by atoms with Crippen molar-refractivity contribution in [3.8, 4) is 11.9 Å². The van der Waals surface area contributed by atoms with Crippen molar-refractivity contribution in [3.63, 3.8) is 0 Å². The molecular weight excluding hydrogens is 332 g/mol. The van der Waals surface area contributed by atoms with Crippen LogP contribution >= 0.6 is 11.3 Å². The van der Waals surface area contributed by atoms with Crippen molar-refractivity contribution < 1.29 is 0 Å². The minimum absolute atomic E-state index is 0.444. The molecule has 7 heteroatoms. The first-order valence-corrected chi connectivity index (χ1v) is 8.66. The molecule has 0 saturated carbocycles. The van der Waals surface area contributed by atoms with Gasteiger partial charge in [-0.1, -0.05) is 30.4 Å². The summed E-state index contributed by atoms with van der Waals surface area (Å²) in [5.41, 5.74) is 2.66. The predicted molar refractivity (Wildman–Crippen MR) is 98.4 cm³/mol. The number of hydrogen-bond acceptors (Lipinski definition) is 6. The summed E-state index contributed by atoms with van der Waals surface area (Å²) in [5.74, 6) is 1.21. The van der Waals surface area contributed by atoms with Gasteiger partial charge >= 0.3 is 0 Å². The van der Waals surface area contributed by atoms with Crippen LogP contribution in [0.2, 0.25) is 0 Å². The van der Waals surface area contributed by atoms with Gasteiger partial charge in [0.25, 0.3) is 0 Å². The second-order valence-electron chi connectivity index (χ2n) is 5.42. The SMILES string of the molecule is CCc1ccc2nc(Nc3c(C#N)cnn3-c3ccccn3)sc2c1. The summed E-state index contributed by atoms with van der Waals surface area (Å²) in [7, 11) is 0. The van der Waals surface area contributed by atoms with Crippen molar-refractivity contribution in [3.05, 3.63) is 59.9 Å². The number of nitrogens with zero attached hydrogens (tertiary/aromatic N) is 5. The van der Waals surface area contributed by atoms with Crippen LogP contribution in [0.3, 0.4) is 0 Å². The number of thiazole rings is 1. The van der Waals surface area contributed by atoms with Crippen LogP contribution in [-0.4, -0.2) is 19.7 Å². The van der Waals surface area contributed by atoms with E-state index < -0.39 is 0 Å². The predicted octanol–water partition coefficient (Wildman–Crippen LogP) is 4.05. The molecule has 0 aliphatic rings. The van der Waals surface area contributed by atoms with Crippen molar-refractivity contribution >= 4 is 32.5 Å². The van der Waals surface area contributed by atoms with Gasteiger partial charge in [0, 0.05) is 6.20 Å². The van der Waals surface area contributed by atoms with E-state index in [2.05, 4.69) is 45.5 Å². The molecule has 1 aromatic carbocycles. The molecular formula is C18H14N6S. The van der Waals surface area contributed by atoms with Gasteiger partial charge in [0.05, 0.1) is 16.4 Å². The molecule has 0 unspecified atom stereocenters. The van der Waals surface area contributed by atoms with Crippen molar-refractivity contribution in [1.82, 2.24) is 19.7 Å². The summed E-state index contributed by atoms with van der Waals surface area (Å²) >= 11 is 1.55. The molecule has 0 spiro atoms. The van der Waals surface area contributed by atoms with Crippen LogP contribution in [0.4, 0.5) is 10.9 Å². The highest BCUT2D eigenvalue weighted by Gasteiger charge is 2.15. The number of nitriles is 1. The molecule has 3 heterocycles. The highest BCUT2D eigenvalue weighted by Crippen LogP contribution is 2.30. The average Bonchev–Trinajstić information content (AvgIpc) is 3.25. The smallest absolute Gasteiger partial charge is 0.189 e. The maximum atomic E-state index is 9.38. The third kappa shape index (κ3) is 2.84. The Balaban J connectivity index is 1.76. The van der Waals surface area contributed by atoms with Crippen molar-refractivity contribution in [2.24, 2.45) is 0 Å². The van der Waals surface area contributed by atoms with E-state index in [1.165, 1.54) is 11.8 Å². The Bertz CT molecular complexity index is 1070. The largest absolute Gasteiger partial charge is 0.315 e.